The van der Waals surface area contributed by atoms with E-state index < -0.39 is 0 Å². The number of carbonyl (C=O) groups is 1. The van der Waals surface area contributed by atoms with Crippen molar-refractivity contribution in [3.8, 4) is 0 Å². The fourth-order valence-corrected chi connectivity index (χ4v) is 4.70. The monoisotopic (exact) mass is 337 g/mol. The van der Waals surface area contributed by atoms with Crippen molar-refractivity contribution < 1.29 is 4.79 Å². The van der Waals surface area contributed by atoms with E-state index in [1.54, 1.807) is 6.08 Å². The van der Waals surface area contributed by atoms with Crippen LogP contribution in [0.2, 0.25) is 0 Å². The number of rotatable bonds is 6. The predicted octanol–water partition coefficient (Wildman–Crippen LogP) is 3.18. The lowest BCUT2D eigenvalue weighted by Crippen LogP contribution is -2.48. The second-order valence-electron chi connectivity index (χ2n) is 7.38. The van der Waals surface area contributed by atoms with Gasteiger partial charge in [-0.1, -0.05) is 31.4 Å². The van der Waals surface area contributed by atoms with Crippen LogP contribution in [0.25, 0.3) is 0 Å². The molecule has 1 aromatic rings. The summed E-state index contributed by atoms with van der Waals surface area (Å²) in [5.41, 5.74) is 4.80. The standard InChI is InChI=1S/C21H27N3O/c1-3-15(2)20(25)8-5-11-23-12-9-19-17(14-23)16-6-4-7-18-21(16)24(19)13-10-22-18/h3-4,6-7,17,19,22H,1-2,5,8-14H2. The number of nitrogens with zero attached hydrogens (tertiary/aromatic N) is 2. The Bertz CT molecular complexity index is 711. The van der Waals surface area contributed by atoms with E-state index in [9.17, 15) is 4.79 Å². The Balaban J connectivity index is 1.41. The van der Waals surface area contributed by atoms with Gasteiger partial charge in [-0.15, -0.1) is 0 Å². The summed E-state index contributed by atoms with van der Waals surface area (Å²) in [5, 5.41) is 3.55. The van der Waals surface area contributed by atoms with E-state index in [0.29, 0.717) is 24.0 Å². The first kappa shape index (κ1) is 16.4. The number of Topliss-reactive ketones (excluding diaryl/α,β-unsaturated/α-hetero) is 1. The quantitative estimate of drug-likeness (QED) is 0.639. The largest absolute Gasteiger partial charge is 0.382 e. The molecule has 0 bridgehead atoms. The fourth-order valence-electron chi connectivity index (χ4n) is 4.70. The normalized spacial score (nSPS) is 24.2. The van der Waals surface area contributed by atoms with Gasteiger partial charge in [0.15, 0.2) is 5.78 Å². The molecule has 4 nitrogen and oxygen atoms in total. The molecule has 3 aliphatic heterocycles. The highest BCUT2D eigenvalue weighted by Gasteiger charge is 2.43. The molecule has 1 saturated heterocycles. The van der Waals surface area contributed by atoms with Gasteiger partial charge >= 0.3 is 0 Å². The lowest BCUT2D eigenvalue weighted by Gasteiger charge is -2.40. The molecular weight excluding hydrogens is 310 g/mol. The van der Waals surface area contributed by atoms with Crippen molar-refractivity contribution in [2.75, 3.05) is 42.9 Å². The van der Waals surface area contributed by atoms with Crippen LogP contribution in [0.5, 0.6) is 0 Å². The van der Waals surface area contributed by atoms with Crippen LogP contribution in [-0.4, -0.2) is 49.4 Å². The van der Waals surface area contributed by atoms with Crippen LogP contribution in [0.4, 0.5) is 11.4 Å². The maximum atomic E-state index is 11.9. The van der Waals surface area contributed by atoms with Gasteiger partial charge in [-0.25, -0.2) is 0 Å². The highest BCUT2D eigenvalue weighted by molar-refractivity contribution is 5.97. The van der Waals surface area contributed by atoms with Crippen molar-refractivity contribution in [1.29, 1.82) is 0 Å². The molecular formula is C21H27N3O. The first-order valence-electron chi connectivity index (χ1n) is 9.39. The van der Waals surface area contributed by atoms with Gasteiger partial charge in [0.05, 0.1) is 11.4 Å². The van der Waals surface area contributed by atoms with Gasteiger partial charge in [0.1, 0.15) is 0 Å². The lowest BCUT2D eigenvalue weighted by atomic mass is 9.89. The number of hydrogen-bond donors (Lipinski definition) is 1. The van der Waals surface area contributed by atoms with Gasteiger partial charge in [-0.05, 0) is 31.0 Å². The summed E-state index contributed by atoms with van der Waals surface area (Å²) in [5.74, 6) is 0.728. The number of piperidine rings is 1. The molecule has 4 rings (SSSR count). The second kappa shape index (κ2) is 6.68. The molecule has 4 heteroatoms. The van der Waals surface area contributed by atoms with Crippen molar-refractivity contribution in [1.82, 2.24) is 4.90 Å². The molecule has 1 aromatic carbocycles. The van der Waals surface area contributed by atoms with Crippen LogP contribution in [0.3, 0.4) is 0 Å². The maximum Gasteiger partial charge on any atom is 0.162 e. The Labute approximate surface area is 150 Å². The summed E-state index contributed by atoms with van der Waals surface area (Å²) < 4.78 is 0. The summed E-state index contributed by atoms with van der Waals surface area (Å²) in [6.07, 6.45) is 4.25. The smallest absolute Gasteiger partial charge is 0.162 e. The van der Waals surface area contributed by atoms with E-state index >= 15 is 0 Å². The number of hydrogen-bond acceptors (Lipinski definition) is 4. The number of ketones is 1. The van der Waals surface area contributed by atoms with Crippen LogP contribution >= 0.6 is 0 Å². The molecule has 0 spiro atoms. The lowest BCUT2D eigenvalue weighted by molar-refractivity contribution is -0.115. The summed E-state index contributed by atoms with van der Waals surface area (Å²) >= 11 is 0. The number of para-hydroxylation sites is 1. The van der Waals surface area contributed by atoms with Gasteiger partial charge in [-0.2, -0.15) is 0 Å². The van der Waals surface area contributed by atoms with Crippen LogP contribution in [0.1, 0.15) is 30.7 Å². The molecule has 0 aromatic heterocycles. The zero-order valence-corrected chi connectivity index (χ0v) is 14.8. The Hall–Kier alpha value is -2.07. The first-order valence-corrected chi connectivity index (χ1v) is 9.39. The average molecular weight is 337 g/mol. The number of likely N-dealkylation sites (tertiary alicyclic amines) is 1. The maximum absolute atomic E-state index is 11.9. The Morgan fingerprint density at radius 2 is 2.24 bits per heavy atom. The highest BCUT2D eigenvalue weighted by atomic mass is 16.1. The number of carbonyl (C=O) groups excluding carboxylic acids is 1. The fraction of sp³-hybridized carbons (Fsp3) is 0.476. The molecule has 0 aliphatic carbocycles. The summed E-state index contributed by atoms with van der Waals surface area (Å²) in [7, 11) is 0. The first-order chi connectivity index (χ1) is 12.2. The molecule has 0 radical (unpaired) electrons. The minimum Gasteiger partial charge on any atom is -0.382 e. The second-order valence-corrected chi connectivity index (χ2v) is 7.38. The molecule has 3 heterocycles. The van der Waals surface area contributed by atoms with Crippen LogP contribution in [0.15, 0.2) is 43.0 Å². The Morgan fingerprint density at radius 1 is 1.36 bits per heavy atom. The van der Waals surface area contributed by atoms with Crippen molar-refractivity contribution in [2.24, 2.45) is 0 Å². The van der Waals surface area contributed by atoms with E-state index in [-0.39, 0.29) is 5.78 Å². The minimum atomic E-state index is 0.129. The third kappa shape index (κ3) is 2.89. The number of fused-ring (bicyclic) bond motifs is 3. The molecule has 25 heavy (non-hydrogen) atoms. The van der Waals surface area contributed by atoms with Crippen molar-refractivity contribution >= 4 is 17.2 Å². The predicted molar refractivity (Wildman–Crippen MR) is 103 cm³/mol. The van der Waals surface area contributed by atoms with Crippen molar-refractivity contribution in [2.45, 2.75) is 31.2 Å². The number of benzene rings is 1. The molecule has 2 unspecified atom stereocenters. The van der Waals surface area contributed by atoms with E-state index in [4.69, 9.17) is 0 Å². The van der Waals surface area contributed by atoms with Crippen molar-refractivity contribution in [3.63, 3.8) is 0 Å². The zero-order chi connectivity index (χ0) is 17.4. The molecule has 1 N–H and O–H groups in total. The summed E-state index contributed by atoms with van der Waals surface area (Å²) in [6, 6.07) is 7.35. The number of allylic oxidation sites excluding steroid dienone is 2. The van der Waals surface area contributed by atoms with Gasteiger partial charge < -0.3 is 15.1 Å². The number of nitrogens with one attached hydrogen (secondary N) is 1. The summed E-state index contributed by atoms with van der Waals surface area (Å²) in [6.45, 7) is 12.8. The zero-order valence-electron chi connectivity index (χ0n) is 14.8. The van der Waals surface area contributed by atoms with Gasteiger partial charge in [0, 0.05) is 50.1 Å². The minimum absolute atomic E-state index is 0.129. The molecule has 132 valence electrons. The Morgan fingerprint density at radius 3 is 3.08 bits per heavy atom. The molecule has 0 saturated carbocycles. The van der Waals surface area contributed by atoms with E-state index in [1.165, 1.54) is 23.4 Å². The van der Waals surface area contributed by atoms with Gasteiger partial charge in [0.2, 0.25) is 0 Å². The van der Waals surface area contributed by atoms with Crippen LogP contribution < -0.4 is 10.2 Å². The third-order valence-corrected chi connectivity index (χ3v) is 5.97. The van der Waals surface area contributed by atoms with E-state index in [1.807, 2.05) is 0 Å². The molecule has 2 atom stereocenters. The van der Waals surface area contributed by atoms with Crippen molar-refractivity contribution in [3.05, 3.63) is 48.6 Å². The molecule has 0 amide bonds. The molecule has 3 aliphatic rings. The van der Waals surface area contributed by atoms with E-state index in [0.717, 1.165) is 39.1 Å². The van der Waals surface area contributed by atoms with E-state index in [2.05, 4.69) is 46.5 Å². The van der Waals surface area contributed by atoms with Gasteiger partial charge in [-0.3, -0.25) is 4.79 Å². The third-order valence-electron chi connectivity index (χ3n) is 5.97. The average Bonchev–Trinajstić information content (AvgIpc) is 2.97. The highest BCUT2D eigenvalue weighted by Crippen LogP contribution is 2.49. The number of anilines is 2. The summed E-state index contributed by atoms with van der Waals surface area (Å²) in [4.78, 5) is 17.1. The van der Waals surface area contributed by atoms with Crippen LogP contribution in [-0.2, 0) is 4.79 Å². The molecule has 1 fully saturated rings. The Kier molecular flexibility index (Phi) is 4.38. The van der Waals surface area contributed by atoms with Gasteiger partial charge in [0.25, 0.3) is 0 Å². The topological polar surface area (TPSA) is 35.6 Å². The SMILES string of the molecule is C=CC(=C)C(=O)CCCN1CCC2C(C1)c1cccc3c1N2CCN3. The van der Waals surface area contributed by atoms with Crippen LogP contribution in [0, 0.1) is 0 Å².